The second-order valence-corrected chi connectivity index (χ2v) is 8.46. The van der Waals surface area contributed by atoms with Gasteiger partial charge in [0.25, 0.3) is 0 Å². The van der Waals surface area contributed by atoms with Gasteiger partial charge in [-0.1, -0.05) is 31.9 Å². The van der Waals surface area contributed by atoms with Gasteiger partial charge in [-0.25, -0.2) is 0 Å². The lowest BCUT2D eigenvalue weighted by Gasteiger charge is -2.27. The molecule has 2 aliphatic heterocycles. The van der Waals surface area contributed by atoms with Crippen LogP contribution in [-0.4, -0.2) is 53.5 Å². The number of allylic oxidation sites excluding steroid dienone is 2. The second kappa shape index (κ2) is 8.13. The summed E-state index contributed by atoms with van der Waals surface area (Å²) >= 11 is 0. The first-order chi connectivity index (χ1) is 12.9. The smallest absolute Gasteiger partial charge is 0.312 e. The minimum absolute atomic E-state index is 0.0217. The van der Waals surface area contributed by atoms with Crippen molar-refractivity contribution in [1.29, 1.82) is 0 Å². The van der Waals surface area contributed by atoms with E-state index in [1.807, 2.05) is 6.92 Å². The zero-order valence-electron chi connectivity index (χ0n) is 16.4. The molecule has 0 aromatic heterocycles. The van der Waals surface area contributed by atoms with Gasteiger partial charge in [-0.2, -0.15) is 0 Å². The van der Waals surface area contributed by atoms with Crippen LogP contribution in [0.3, 0.4) is 0 Å². The Morgan fingerprint density at radius 3 is 2.81 bits per heavy atom. The molecule has 1 aliphatic carbocycles. The number of amides is 1. The summed E-state index contributed by atoms with van der Waals surface area (Å²) in [7, 11) is 1.35. The summed E-state index contributed by atoms with van der Waals surface area (Å²) < 4.78 is 4.99. The molecule has 1 N–H and O–H groups in total. The predicted octanol–water partition coefficient (Wildman–Crippen LogP) is 2.24. The molecule has 2 fully saturated rings. The molecule has 5 atom stereocenters. The molecule has 0 radical (unpaired) electrons. The molecule has 3 aliphatic rings. The Bertz CT molecular complexity index is 630. The number of rotatable bonds is 1. The number of methoxy groups -OCH3 is 1. The Hall–Kier alpha value is -1.69. The number of fused-ring (bicyclic) bond motifs is 2. The summed E-state index contributed by atoms with van der Waals surface area (Å²) in [6.07, 6.45) is 9.26. The fourth-order valence-corrected chi connectivity index (χ4v) is 4.65. The van der Waals surface area contributed by atoms with Crippen molar-refractivity contribution < 1.29 is 24.2 Å². The van der Waals surface area contributed by atoms with E-state index in [0.717, 1.165) is 32.1 Å². The van der Waals surface area contributed by atoms with Gasteiger partial charge >= 0.3 is 5.97 Å². The topological polar surface area (TPSA) is 83.9 Å². The molecule has 0 spiro atoms. The van der Waals surface area contributed by atoms with Crippen LogP contribution in [0.5, 0.6) is 0 Å². The van der Waals surface area contributed by atoms with Gasteiger partial charge in [-0.15, -0.1) is 0 Å². The van der Waals surface area contributed by atoms with Crippen LogP contribution in [0.15, 0.2) is 12.2 Å². The highest BCUT2D eigenvalue weighted by Crippen LogP contribution is 2.57. The molecular formula is C21H31NO5. The average Bonchev–Trinajstić information content (AvgIpc) is 3.19. The molecule has 6 nitrogen and oxygen atoms in total. The monoisotopic (exact) mass is 377 g/mol. The van der Waals surface area contributed by atoms with E-state index >= 15 is 0 Å². The fraction of sp³-hybridized carbons (Fsp3) is 0.762. The van der Waals surface area contributed by atoms with Crippen LogP contribution in [0.2, 0.25) is 0 Å². The zero-order valence-corrected chi connectivity index (χ0v) is 16.4. The average molecular weight is 377 g/mol. The maximum atomic E-state index is 13.1. The Balaban J connectivity index is 1.84. The van der Waals surface area contributed by atoms with Gasteiger partial charge in [0, 0.05) is 25.3 Å². The minimum Gasteiger partial charge on any atom is -0.469 e. The van der Waals surface area contributed by atoms with E-state index in [0.29, 0.717) is 6.42 Å². The molecule has 0 bridgehead atoms. The van der Waals surface area contributed by atoms with Crippen molar-refractivity contribution in [2.75, 3.05) is 13.7 Å². The quantitative estimate of drug-likeness (QED) is 0.560. The van der Waals surface area contributed by atoms with Crippen molar-refractivity contribution in [3.05, 3.63) is 12.2 Å². The molecule has 1 saturated heterocycles. The summed E-state index contributed by atoms with van der Waals surface area (Å²) in [5.41, 5.74) is -0.795. The van der Waals surface area contributed by atoms with Gasteiger partial charge in [0.05, 0.1) is 24.7 Å². The van der Waals surface area contributed by atoms with Crippen molar-refractivity contribution in [1.82, 2.24) is 4.90 Å². The zero-order chi connectivity index (χ0) is 19.6. The van der Waals surface area contributed by atoms with Crippen molar-refractivity contribution >= 4 is 17.7 Å². The third kappa shape index (κ3) is 4.10. The van der Waals surface area contributed by atoms with Crippen molar-refractivity contribution in [2.24, 2.45) is 17.3 Å². The Morgan fingerprint density at radius 2 is 2.07 bits per heavy atom. The summed E-state index contributed by atoms with van der Waals surface area (Å²) in [5, 5.41) is 10.1. The van der Waals surface area contributed by atoms with Crippen LogP contribution in [0.4, 0.5) is 0 Å². The largest absolute Gasteiger partial charge is 0.469 e. The Labute approximate surface area is 160 Å². The van der Waals surface area contributed by atoms with E-state index in [2.05, 4.69) is 12.2 Å². The maximum absolute atomic E-state index is 13.1. The van der Waals surface area contributed by atoms with E-state index in [9.17, 15) is 19.5 Å². The molecule has 0 aromatic rings. The van der Waals surface area contributed by atoms with E-state index in [4.69, 9.17) is 4.74 Å². The van der Waals surface area contributed by atoms with Crippen LogP contribution in [0.25, 0.3) is 0 Å². The summed E-state index contributed by atoms with van der Waals surface area (Å²) in [5.74, 6) is -0.678. The van der Waals surface area contributed by atoms with Crippen molar-refractivity contribution in [2.45, 2.75) is 70.4 Å². The SMILES string of the molecule is COC(=O)C12CC(=O)[C@@H]3C[C@@H](O)CN3C(=O)[C@@H](C)CCCCC/C=C\[C@@H]1C2. The maximum Gasteiger partial charge on any atom is 0.312 e. The lowest BCUT2D eigenvalue weighted by molar-refractivity contribution is -0.150. The number of carbonyl (C=O) groups is 3. The first kappa shape index (κ1) is 20.1. The summed E-state index contributed by atoms with van der Waals surface area (Å²) in [4.78, 5) is 39.9. The van der Waals surface area contributed by atoms with Crippen LogP contribution in [0, 0.1) is 17.3 Å². The summed E-state index contributed by atoms with van der Waals surface area (Å²) in [6, 6.07) is -0.633. The first-order valence-corrected chi connectivity index (χ1v) is 10.2. The third-order valence-corrected chi connectivity index (χ3v) is 6.45. The highest BCUT2D eigenvalue weighted by atomic mass is 16.5. The number of nitrogens with zero attached hydrogens (tertiary/aromatic N) is 1. The number of hydrogen-bond acceptors (Lipinski definition) is 5. The van der Waals surface area contributed by atoms with Crippen molar-refractivity contribution in [3.63, 3.8) is 0 Å². The van der Waals surface area contributed by atoms with E-state index in [-0.39, 0.29) is 48.9 Å². The van der Waals surface area contributed by atoms with Gasteiger partial charge in [0.1, 0.15) is 0 Å². The third-order valence-electron chi connectivity index (χ3n) is 6.45. The van der Waals surface area contributed by atoms with E-state index < -0.39 is 17.6 Å². The normalized spacial score (nSPS) is 39.0. The molecule has 2 heterocycles. The molecule has 27 heavy (non-hydrogen) atoms. The molecule has 3 rings (SSSR count). The minimum atomic E-state index is -0.795. The highest BCUT2D eigenvalue weighted by molar-refractivity contribution is 5.95. The number of ether oxygens (including phenoxy) is 1. The van der Waals surface area contributed by atoms with Gasteiger partial charge in [-0.3, -0.25) is 14.4 Å². The molecule has 1 unspecified atom stereocenters. The summed E-state index contributed by atoms with van der Waals surface area (Å²) in [6.45, 7) is 2.10. The molecule has 1 amide bonds. The molecule has 150 valence electrons. The molecule has 1 saturated carbocycles. The molecular weight excluding hydrogens is 346 g/mol. The highest BCUT2D eigenvalue weighted by Gasteiger charge is 2.61. The van der Waals surface area contributed by atoms with Gasteiger partial charge < -0.3 is 14.7 Å². The molecule has 6 heteroatoms. The van der Waals surface area contributed by atoms with Crippen molar-refractivity contribution in [3.8, 4) is 0 Å². The fourth-order valence-electron chi connectivity index (χ4n) is 4.65. The van der Waals surface area contributed by atoms with E-state index in [1.165, 1.54) is 7.11 Å². The van der Waals surface area contributed by atoms with E-state index in [1.54, 1.807) is 4.90 Å². The first-order valence-electron chi connectivity index (χ1n) is 10.2. The number of hydrogen-bond donors (Lipinski definition) is 1. The standard InChI is InChI=1S/C21H31NO5/c1-14-8-6-4-3-5-7-9-15-11-21(15,20(26)27-2)12-18(24)17-10-16(23)13-22(17)19(14)25/h7,9,14-17,23H,3-6,8,10-13H2,1-2H3/b9-7-/t14-,15+,16+,17-,21?/m0/s1. The number of esters is 1. The Kier molecular flexibility index (Phi) is 6.04. The van der Waals surface area contributed by atoms with Crippen LogP contribution in [-0.2, 0) is 19.1 Å². The number of ketones is 1. The number of aliphatic hydroxyl groups excluding tert-OH is 1. The predicted molar refractivity (Wildman–Crippen MR) is 99.7 cm³/mol. The van der Waals surface area contributed by atoms with Gasteiger partial charge in [0.2, 0.25) is 5.91 Å². The lowest BCUT2D eigenvalue weighted by Crippen LogP contribution is -2.44. The van der Waals surface area contributed by atoms with Crippen LogP contribution >= 0.6 is 0 Å². The number of Topliss-reactive ketones (excluding diaryl/α,β-unsaturated/α-hetero) is 1. The number of aliphatic hydroxyl groups is 1. The van der Waals surface area contributed by atoms with Crippen LogP contribution in [0.1, 0.15) is 58.3 Å². The van der Waals surface area contributed by atoms with Gasteiger partial charge in [0.15, 0.2) is 5.78 Å². The number of carbonyl (C=O) groups excluding carboxylic acids is 3. The van der Waals surface area contributed by atoms with Crippen LogP contribution < -0.4 is 0 Å². The Morgan fingerprint density at radius 1 is 1.30 bits per heavy atom. The van der Waals surface area contributed by atoms with Gasteiger partial charge in [-0.05, 0) is 31.6 Å². The molecule has 0 aromatic carbocycles. The lowest BCUT2D eigenvalue weighted by atomic mass is 9.91. The second-order valence-electron chi connectivity index (χ2n) is 8.46.